The van der Waals surface area contributed by atoms with Gasteiger partial charge >= 0.3 is 12.1 Å². The monoisotopic (exact) mass is 306 g/mol. The maximum absolute atomic E-state index is 12.9. The Balaban J connectivity index is 2.62. The first-order chi connectivity index (χ1) is 9.86. The van der Waals surface area contributed by atoms with E-state index in [0.717, 1.165) is 37.8 Å². The fourth-order valence-corrected chi connectivity index (χ4v) is 1.88. The van der Waals surface area contributed by atoms with E-state index < -0.39 is 29.1 Å². The van der Waals surface area contributed by atoms with Gasteiger partial charge in [0.05, 0.1) is 17.7 Å². The van der Waals surface area contributed by atoms with E-state index in [4.69, 9.17) is 4.74 Å². The predicted molar refractivity (Wildman–Crippen MR) is 70.4 cm³/mol. The fraction of sp³-hybridized carbons (Fsp3) is 0.533. The Labute approximate surface area is 121 Å². The molecule has 0 aromatic heterocycles. The normalized spacial score (nSPS) is 11.5. The third kappa shape index (κ3) is 5.73. The molecule has 0 fully saturated rings. The highest BCUT2D eigenvalue weighted by Crippen LogP contribution is 2.32. The molecule has 0 unspecified atom stereocenters. The topological polar surface area (TPSA) is 26.3 Å². The van der Waals surface area contributed by atoms with E-state index in [0.29, 0.717) is 12.5 Å². The van der Waals surface area contributed by atoms with Crippen LogP contribution in [0.2, 0.25) is 0 Å². The molecular weight excluding hydrogens is 288 g/mol. The van der Waals surface area contributed by atoms with Crippen molar-refractivity contribution in [2.24, 2.45) is 0 Å². The molecule has 118 valence electrons. The van der Waals surface area contributed by atoms with Crippen molar-refractivity contribution in [2.75, 3.05) is 6.61 Å². The molecule has 0 amide bonds. The summed E-state index contributed by atoms with van der Waals surface area (Å²) in [7, 11) is 0. The zero-order valence-corrected chi connectivity index (χ0v) is 11.8. The number of ether oxygens (including phenoxy) is 1. The molecule has 2 nitrogen and oxygen atoms in total. The van der Waals surface area contributed by atoms with E-state index in [1.165, 1.54) is 0 Å². The summed E-state index contributed by atoms with van der Waals surface area (Å²) in [5.74, 6) is -2.11. The Hall–Kier alpha value is -1.59. The first-order valence-electron chi connectivity index (χ1n) is 6.90. The molecule has 1 aromatic carbocycles. The lowest BCUT2D eigenvalue weighted by Crippen LogP contribution is -2.16. The van der Waals surface area contributed by atoms with Gasteiger partial charge in [-0.15, -0.1) is 0 Å². The molecule has 0 saturated carbocycles. The van der Waals surface area contributed by atoms with Crippen LogP contribution in [0.3, 0.4) is 0 Å². The highest BCUT2D eigenvalue weighted by atomic mass is 19.4. The van der Waals surface area contributed by atoms with Crippen molar-refractivity contribution in [3.63, 3.8) is 0 Å². The van der Waals surface area contributed by atoms with Gasteiger partial charge in [0.2, 0.25) is 0 Å². The summed E-state index contributed by atoms with van der Waals surface area (Å²) in [4.78, 5) is 11.7. The molecule has 0 spiro atoms. The number of halogens is 4. The molecule has 21 heavy (non-hydrogen) atoms. The van der Waals surface area contributed by atoms with Gasteiger partial charge in [-0.05, 0) is 24.6 Å². The molecule has 0 bridgehead atoms. The smallest absolute Gasteiger partial charge is 0.417 e. The molecular formula is C15H18F4O2. The summed E-state index contributed by atoms with van der Waals surface area (Å²) in [5.41, 5.74) is -1.96. The second-order valence-corrected chi connectivity index (χ2v) is 4.74. The van der Waals surface area contributed by atoms with E-state index in [1.54, 1.807) is 0 Å². The van der Waals surface area contributed by atoms with Crippen molar-refractivity contribution in [1.29, 1.82) is 0 Å². The number of benzene rings is 1. The first kappa shape index (κ1) is 17.5. The highest BCUT2D eigenvalue weighted by molar-refractivity contribution is 5.91. The lowest BCUT2D eigenvalue weighted by atomic mass is 10.1. The number of hydrogen-bond donors (Lipinski definition) is 0. The van der Waals surface area contributed by atoms with Gasteiger partial charge in [-0.2, -0.15) is 13.2 Å². The van der Waals surface area contributed by atoms with Gasteiger partial charge < -0.3 is 4.74 Å². The first-order valence-corrected chi connectivity index (χ1v) is 6.90. The standard InChI is InChI=1S/C15H18F4O2/c1-2-3-4-5-6-9-21-14(20)12-8-7-11(16)10-13(12)15(17,18)19/h7-8,10H,2-6,9H2,1H3. The van der Waals surface area contributed by atoms with Gasteiger partial charge in [0.25, 0.3) is 0 Å². The van der Waals surface area contributed by atoms with Gasteiger partial charge in [0.15, 0.2) is 0 Å². The Morgan fingerprint density at radius 1 is 1.14 bits per heavy atom. The number of esters is 1. The number of carbonyl (C=O) groups is 1. The van der Waals surface area contributed by atoms with E-state index >= 15 is 0 Å². The molecule has 1 aromatic rings. The minimum atomic E-state index is -4.79. The lowest BCUT2D eigenvalue weighted by Gasteiger charge is -2.12. The van der Waals surface area contributed by atoms with Crippen molar-refractivity contribution in [2.45, 2.75) is 45.2 Å². The van der Waals surface area contributed by atoms with Gasteiger partial charge in [-0.1, -0.05) is 32.6 Å². The van der Waals surface area contributed by atoms with Crippen molar-refractivity contribution >= 4 is 5.97 Å². The number of carbonyl (C=O) groups excluding carboxylic acids is 1. The van der Waals surface area contributed by atoms with Crippen LogP contribution >= 0.6 is 0 Å². The van der Waals surface area contributed by atoms with Crippen LogP contribution in [-0.4, -0.2) is 12.6 Å². The Morgan fingerprint density at radius 2 is 1.81 bits per heavy atom. The summed E-state index contributed by atoms with van der Waals surface area (Å²) in [6.45, 7) is 2.13. The van der Waals surface area contributed by atoms with E-state index in [-0.39, 0.29) is 6.61 Å². The van der Waals surface area contributed by atoms with Crippen LogP contribution in [0.1, 0.15) is 54.9 Å². The molecule has 0 aliphatic rings. The quantitative estimate of drug-likeness (QED) is 0.404. The summed E-state index contributed by atoms with van der Waals surface area (Å²) in [5, 5.41) is 0. The molecule has 0 aliphatic heterocycles. The van der Waals surface area contributed by atoms with Gasteiger partial charge in [0.1, 0.15) is 5.82 Å². The third-order valence-electron chi connectivity index (χ3n) is 2.99. The predicted octanol–water partition coefficient (Wildman–Crippen LogP) is 4.97. The van der Waals surface area contributed by atoms with Crippen molar-refractivity contribution in [3.05, 3.63) is 35.1 Å². The minimum absolute atomic E-state index is 0.0667. The molecule has 0 radical (unpaired) electrons. The van der Waals surface area contributed by atoms with Crippen molar-refractivity contribution in [3.8, 4) is 0 Å². The van der Waals surface area contributed by atoms with Crippen molar-refractivity contribution in [1.82, 2.24) is 0 Å². The Morgan fingerprint density at radius 3 is 2.43 bits per heavy atom. The number of unbranched alkanes of at least 4 members (excludes halogenated alkanes) is 4. The van der Waals surface area contributed by atoms with Gasteiger partial charge in [-0.25, -0.2) is 9.18 Å². The molecule has 6 heteroatoms. The third-order valence-corrected chi connectivity index (χ3v) is 2.99. The average Bonchev–Trinajstić information content (AvgIpc) is 2.41. The van der Waals surface area contributed by atoms with E-state index in [9.17, 15) is 22.4 Å². The minimum Gasteiger partial charge on any atom is -0.462 e. The van der Waals surface area contributed by atoms with E-state index in [1.807, 2.05) is 0 Å². The van der Waals surface area contributed by atoms with Gasteiger partial charge in [0, 0.05) is 0 Å². The van der Waals surface area contributed by atoms with Crippen LogP contribution in [0.4, 0.5) is 17.6 Å². The van der Waals surface area contributed by atoms with Crippen molar-refractivity contribution < 1.29 is 27.1 Å². The molecule has 0 atom stereocenters. The maximum atomic E-state index is 12.9. The summed E-state index contributed by atoms with van der Waals surface area (Å²) in [6, 6.07) is 1.92. The molecule has 0 heterocycles. The SMILES string of the molecule is CCCCCCCOC(=O)c1ccc(F)cc1C(F)(F)F. The maximum Gasteiger partial charge on any atom is 0.417 e. The highest BCUT2D eigenvalue weighted by Gasteiger charge is 2.36. The second kappa shape index (κ2) is 8.00. The van der Waals surface area contributed by atoms with Crippen LogP contribution in [0.5, 0.6) is 0 Å². The molecule has 1 rings (SSSR count). The number of alkyl halides is 3. The van der Waals surface area contributed by atoms with Gasteiger partial charge in [-0.3, -0.25) is 0 Å². The lowest BCUT2D eigenvalue weighted by molar-refractivity contribution is -0.138. The summed E-state index contributed by atoms with van der Waals surface area (Å²) < 4.78 is 56.0. The summed E-state index contributed by atoms with van der Waals surface area (Å²) in [6.07, 6.45) is -0.185. The fourth-order valence-electron chi connectivity index (χ4n) is 1.88. The van der Waals surface area contributed by atoms with Crippen LogP contribution < -0.4 is 0 Å². The van der Waals surface area contributed by atoms with Crippen LogP contribution in [0.15, 0.2) is 18.2 Å². The molecule has 0 saturated heterocycles. The summed E-state index contributed by atoms with van der Waals surface area (Å²) >= 11 is 0. The average molecular weight is 306 g/mol. The van der Waals surface area contributed by atoms with Crippen LogP contribution in [-0.2, 0) is 10.9 Å². The zero-order chi connectivity index (χ0) is 15.9. The Bertz CT molecular complexity index is 469. The van der Waals surface area contributed by atoms with E-state index in [2.05, 4.69) is 6.92 Å². The van der Waals surface area contributed by atoms with Crippen LogP contribution in [0.25, 0.3) is 0 Å². The number of hydrogen-bond acceptors (Lipinski definition) is 2. The molecule has 0 aliphatic carbocycles. The number of rotatable bonds is 7. The zero-order valence-electron chi connectivity index (χ0n) is 11.8. The second-order valence-electron chi connectivity index (χ2n) is 4.74. The van der Waals surface area contributed by atoms with Crippen LogP contribution in [0, 0.1) is 5.82 Å². The largest absolute Gasteiger partial charge is 0.462 e. The Kier molecular flexibility index (Phi) is 6.65. The molecule has 0 N–H and O–H groups in total.